The maximum Gasteiger partial charge on any atom is 0.123 e. The van der Waals surface area contributed by atoms with E-state index in [4.69, 9.17) is 32.7 Å². The molecule has 1 aliphatic heterocycles. The molecule has 0 aromatic heterocycles. The number of hydrogen-bond donors (Lipinski definition) is 0. The van der Waals surface area contributed by atoms with Gasteiger partial charge in [0.1, 0.15) is 5.75 Å². The molecule has 0 saturated carbocycles. The average molecular weight is 261 g/mol. The molecular formula is C12H14Cl2O2. The first-order valence-electron chi connectivity index (χ1n) is 5.34. The Morgan fingerprint density at radius 1 is 1.44 bits per heavy atom. The fourth-order valence-electron chi connectivity index (χ4n) is 1.72. The fraction of sp³-hybridized carbons (Fsp3) is 0.500. The molecule has 1 aromatic rings. The Hall–Kier alpha value is -0.440. The van der Waals surface area contributed by atoms with Crippen LogP contribution in [0.15, 0.2) is 18.2 Å². The Morgan fingerprint density at radius 2 is 2.31 bits per heavy atom. The van der Waals surface area contributed by atoms with Crippen molar-refractivity contribution in [3.05, 3.63) is 28.8 Å². The number of benzene rings is 1. The van der Waals surface area contributed by atoms with Crippen molar-refractivity contribution >= 4 is 23.2 Å². The van der Waals surface area contributed by atoms with E-state index in [1.165, 1.54) is 0 Å². The Bertz CT molecular complexity index is 349. The van der Waals surface area contributed by atoms with Crippen LogP contribution in [-0.2, 0) is 10.6 Å². The summed E-state index contributed by atoms with van der Waals surface area (Å²) in [6.45, 7) is 2.33. The molecule has 2 nitrogen and oxygen atoms in total. The van der Waals surface area contributed by atoms with Gasteiger partial charge < -0.3 is 9.47 Å². The van der Waals surface area contributed by atoms with E-state index in [1.807, 2.05) is 18.2 Å². The lowest BCUT2D eigenvalue weighted by atomic mass is 10.1. The smallest absolute Gasteiger partial charge is 0.123 e. The van der Waals surface area contributed by atoms with Crippen LogP contribution in [0.2, 0.25) is 5.02 Å². The zero-order valence-corrected chi connectivity index (χ0v) is 10.4. The second-order valence-corrected chi connectivity index (χ2v) is 4.63. The van der Waals surface area contributed by atoms with E-state index in [0.717, 1.165) is 30.9 Å². The number of halogens is 2. The van der Waals surface area contributed by atoms with Crippen molar-refractivity contribution in [3.8, 4) is 5.75 Å². The molecule has 1 atom stereocenters. The van der Waals surface area contributed by atoms with Crippen molar-refractivity contribution in [2.45, 2.75) is 12.3 Å². The van der Waals surface area contributed by atoms with E-state index in [1.54, 1.807) is 0 Å². The van der Waals surface area contributed by atoms with Gasteiger partial charge in [0.2, 0.25) is 0 Å². The van der Waals surface area contributed by atoms with Crippen LogP contribution < -0.4 is 4.74 Å². The monoisotopic (exact) mass is 260 g/mol. The second kappa shape index (κ2) is 5.76. The fourth-order valence-corrected chi connectivity index (χ4v) is 2.12. The van der Waals surface area contributed by atoms with Gasteiger partial charge in [0.15, 0.2) is 0 Å². The standard InChI is InChI=1S/C12H14Cl2O2/c13-6-10-5-11(14)1-2-12(10)16-8-9-3-4-15-7-9/h1-2,5,9H,3-4,6-8H2. The molecule has 4 heteroatoms. The topological polar surface area (TPSA) is 18.5 Å². The molecule has 0 spiro atoms. The lowest BCUT2D eigenvalue weighted by Gasteiger charge is -2.13. The maximum atomic E-state index is 5.89. The van der Waals surface area contributed by atoms with Gasteiger partial charge in [0, 0.05) is 23.1 Å². The lowest BCUT2D eigenvalue weighted by molar-refractivity contribution is 0.167. The molecule has 0 bridgehead atoms. The third-order valence-electron chi connectivity index (χ3n) is 2.67. The van der Waals surface area contributed by atoms with E-state index in [9.17, 15) is 0 Å². The van der Waals surface area contributed by atoms with Crippen LogP contribution >= 0.6 is 23.2 Å². The summed E-state index contributed by atoms with van der Waals surface area (Å²) in [7, 11) is 0. The van der Waals surface area contributed by atoms with Crippen LogP contribution in [-0.4, -0.2) is 19.8 Å². The first-order valence-corrected chi connectivity index (χ1v) is 6.26. The highest BCUT2D eigenvalue weighted by Gasteiger charge is 2.16. The summed E-state index contributed by atoms with van der Waals surface area (Å²) >= 11 is 11.7. The van der Waals surface area contributed by atoms with Crippen molar-refractivity contribution in [1.82, 2.24) is 0 Å². The number of rotatable bonds is 4. The normalized spacial score (nSPS) is 20.0. The summed E-state index contributed by atoms with van der Waals surface area (Å²) in [6.07, 6.45) is 1.07. The highest BCUT2D eigenvalue weighted by molar-refractivity contribution is 6.30. The Labute approximate surface area is 105 Å². The Kier molecular flexibility index (Phi) is 4.33. The number of hydrogen-bond acceptors (Lipinski definition) is 2. The highest BCUT2D eigenvalue weighted by Crippen LogP contribution is 2.25. The molecule has 0 aliphatic carbocycles. The molecule has 0 amide bonds. The first kappa shape index (κ1) is 12.0. The van der Waals surface area contributed by atoms with Crippen LogP contribution in [0.5, 0.6) is 5.75 Å². The average Bonchev–Trinajstić information content (AvgIpc) is 2.80. The molecule has 1 unspecified atom stereocenters. The number of ether oxygens (including phenoxy) is 2. The minimum absolute atomic E-state index is 0.414. The summed E-state index contributed by atoms with van der Waals surface area (Å²) < 4.78 is 11.0. The predicted molar refractivity (Wildman–Crippen MR) is 65.4 cm³/mol. The maximum absolute atomic E-state index is 5.89. The molecule has 2 rings (SSSR count). The Morgan fingerprint density at radius 3 is 3.00 bits per heavy atom. The molecule has 1 aliphatic rings. The summed E-state index contributed by atoms with van der Waals surface area (Å²) in [4.78, 5) is 0. The molecule has 1 heterocycles. The van der Waals surface area contributed by atoms with Gasteiger partial charge in [-0.25, -0.2) is 0 Å². The van der Waals surface area contributed by atoms with Crippen molar-refractivity contribution in [1.29, 1.82) is 0 Å². The van der Waals surface area contributed by atoms with Gasteiger partial charge in [-0.15, -0.1) is 11.6 Å². The minimum Gasteiger partial charge on any atom is -0.493 e. The first-order chi connectivity index (χ1) is 7.79. The van der Waals surface area contributed by atoms with Gasteiger partial charge in [-0.1, -0.05) is 11.6 Å². The predicted octanol–water partition coefficient (Wildman–Crippen LogP) is 3.49. The quantitative estimate of drug-likeness (QED) is 0.772. The van der Waals surface area contributed by atoms with Crippen LogP contribution in [0.1, 0.15) is 12.0 Å². The van der Waals surface area contributed by atoms with Crippen LogP contribution in [0.4, 0.5) is 0 Å². The molecule has 1 aromatic carbocycles. The third-order valence-corrected chi connectivity index (χ3v) is 3.19. The molecular weight excluding hydrogens is 247 g/mol. The second-order valence-electron chi connectivity index (χ2n) is 3.93. The highest BCUT2D eigenvalue weighted by atomic mass is 35.5. The minimum atomic E-state index is 0.414. The van der Waals surface area contributed by atoms with Crippen molar-refractivity contribution in [3.63, 3.8) is 0 Å². The third kappa shape index (κ3) is 3.03. The van der Waals surface area contributed by atoms with Crippen LogP contribution in [0.25, 0.3) is 0 Å². The zero-order chi connectivity index (χ0) is 11.4. The van der Waals surface area contributed by atoms with Crippen LogP contribution in [0.3, 0.4) is 0 Å². The SMILES string of the molecule is ClCc1cc(Cl)ccc1OCC1CCOC1. The van der Waals surface area contributed by atoms with Crippen molar-refractivity contribution < 1.29 is 9.47 Å². The Balaban J connectivity index is 1.97. The molecule has 1 saturated heterocycles. The van der Waals surface area contributed by atoms with Gasteiger partial charge in [-0.2, -0.15) is 0 Å². The summed E-state index contributed by atoms with van der Waals surface area (Å²) in [5, 5.41) is 0.687. The largest absolute Gasteiger partial charge is 0.493 e. The van der Waals surface area contributed by atoms with Gasteiger partial charge in [0.25, 0.3) is 0 Å². The molecule has 0 radical (unpaired) electrons. The van der Waals surface area contributed by atoms with E-state index in [0.29, 0.717) is 23.4 Å². The van der Waals surface area contributed by atoms with E-state index in [-0.39, 0.29) is 0 Å². The molecule has 88 valence electrons. The van der Waals surface area contributed by atoms with E-state index < -0.39 is 0 Å². The van der Waals surface area contributed by atoms with Crippen molar-refractivity contribution in [2.24, 2.45) is 5.92 Å². The number of alkyl halides is 1. The molecule has 16 heavy (non-hydrogen) atoms. The van der Waals surface area contributed by atoms with Gasteiger partial charge in [-0.05, 0) is 24.6 Å². The molecule has 1 fully saturated rings. The van der Waals surface area contributed by atoms with Gasteiger partial charge in [0.05, 0.1) is 19.1 Å². The van der Waals surface area contributed by atoms with Gasteiger partial charge >= 0.3 is 0 Å². The summed E-state index contributed by atoms with van der Waals surface area (Å²) in [5.41, 5.74) is 0.938. The summed E-state index contributed by atoms with van der Waals surface area (Å²) in [6, 6.07) is 5.53. The lowest BCUT2D eigenvalue weighted by Crippen LogP contribution is -2.12. The van der Waals surface area contributed by atoms with Crippen LogP contribution in [0, 0.1) is 5.92 Å². The molecule has 0 N–H and O–H groups in total. The summed E-state index contributed by atoms with van der Waals surface area (Å²) in [5.74, 6) is 1.74. The van der Waals surface area contributed by atoms with Gasteiger partial charge in [-0.3, -0.25) is 0 Å². The zero-order valence-electron chi connectivity index (χ0n) is 8.92. The van der Waals surface area contributed by atoms with Crippen molar-refractivity contribution in [2.75, 3.05) is 19.8 Å². The van der Waals surface area contributed by atoms with E-state index in [2.05, 4.69) is 0 Å². The van der Waals surface area contributed by atoms with E-state index >= 15 is 0 Å².